The molecule has 0 fully saturated rings. The van der Waals surface area contributed by atoms with E-state index in [0.29, 0.717) is 11.6 Å². The predicted molar refractivity (Wildman–Crippen MR) is 68.1 cm³/mol. The number of ether oxygens (including phenoxy) is 2. The van der Waals surface area contributed by atoms with Gasteiger partial charge in [-0.25, -0.2) is 4.98 Å². The molecule has 0 aliphatic rings. The Balaban J connectivity index is 0.00000220. The van der Waals surface area contributed by atoms with E-state index in [1.54, 1.807) is 18.2 Å². The molecule has 0 spiro atoms. The zero-order valence-corrected chi connectivity index (χ0v) is 14.7. The maximum atomic E-state index is 12.6. The molecule has 0 aliphatic heterocycles. The van der Waals surface area contributed by atoms with E-state index >= 15 is 0 Å². The van der Waals surface area contributed by atoms with Crippen LogP contribution in [-0.2, 0) is 6.61 Å². The fourth-order valence-electron chi connectivity index (χ4n) is 1.50. The van der Waals surface area contributed by atoms with Crippen molar-refractivity contribution in [2.24, 2.45) is 0 Å². The maximum Gasteiger partial charge on any atom is 1.00 e. The average molecular weight is 322 g/mol. The van der Waals surface area contributed by atoms with Gasteiger partial charge in [0.15, 0.2) is 0 Å². The molecule has 21 heavy (non-hydrogen) atoms. The Morgan fingerprint density at radius 3 is 2.62 bits per heavy atom. The van der Waals surface area contributed by atoms with E-state index in [1.807, 2.05) is 0 Å². The van der Waals surface area contributed by atoms with Crippen molar-refractivity contribution >= 4 is 12.4 Å². The van der Waals surface area contributed by atoms with Crippen LogP contribution >= 0.6 is 0 Å². The van der Waals surface area contributed by atoms with Crippen LogP contribution in [0.15, 0.2) is 36.7 Å². The number of pyridine rings is 2. The summed E-state index contributed by atoms with van der Waals surface area (Å²) in [6.07, 6.45) is 2.00. The van der Waals surface area contributed by atoms with Crippen molar-refractivity contribution in [3.8, 4) is 11.6 Å². The van der Waals surface area contributed by atoms with Gasteiger partial charge in [-0.15, -0.1) is 0 Å². The second-order valence-electron chi connectivity index (χ2n) is 3.99. The Hall–Kier alpha value is -0.609. The summed E-state index contributed by atoms with van der Waals surface area (Å²) in [5.74, 6) is 0.461. The van der Waals surface area contributed by atoms with Gasteiger partial charge in [-0.3, -0.25) is 4.98 Å². The fraction of sp³-hybridized carbons (Fsp3) is 0.167. The summed E-state index contributed by atoms with van der Waals surface area (Å²) in [4.78, 5) is 7.61. The van der Waals surface area contributed by atoms with E-state index in [9.17, 15) is 12.9 Å². The number of halogens is 3. The summed E-state index contributed by atoms with van der Waals surface area (Å²) in [5.41, 5.74) is -0.242. The molecule has 0 aliphatic carbocycles. The normalized spacial score (nSPS) is 10.7. The van der Waals surface area contributed by atoms with Crippen LogP contribution in [0.3, 0.4) is 0 Å². The number of rotatable bonds is 5. The molecule has 0 radical (unpaired) electrons. The van der Waals surface area contributed by atoms with Crippen LogP contribution in [0.25, 0.3) is 0 Å². The molecule has 0 saturated carbocycles. The second kappa shape index (κ2) is 8.14. The van der Waals surface area contributed by atoms with Gasteiger partial charge in [0.2, 0.25) is 5.88 Å². The molecule has 2 rings (SSSR count). The van der Waals surface area contributed by atoms with Gasteiger partial charge in [0.05, 0.1) is 19.0 Å². The SMILES string of the molecule is COc1cccc(COc2cncc([B-](F)(F)F)c2)n1.[K+]. The minimum absolute atomic E-state index is 0. The van der Waals surface area contributed by atoms with E-state index in [2.05, 4.69) is 9.97 Å². The molecule has 2 aromatic rings. The Bertz CT molecular complexity index is 599. The van der Waals surface area contributed by atoms with Crippen molar-refractivity contribution < 1.29 is 73.8 Å². The van der Waals surface area contributed by atoms with Crippen LogP contribution in [-0.4, -0.2) is 24.1 Å². The first-order chi connectivity index (χ1) is 9.49. The summed E-state index contributed by atoms with van der Waals surface area (Å²) in [6, 6.07) is 6.00. The van der Waals surface area contributed by atoms with Crippen molar-refractivity contribution in [1.82, 2.24) is 9.97 Å². The van der Waals surface area contributed by atoms with E-state index in [1.165, 1.54) is 13.3 Å². The first-order valence-electron chi connectivity index (χ1n) is 5.76. The molecule has 4 nitrogen and oxygen atoms in total. The minimum Gasteiger partial charge on any atom is -0.486 e. The minimum atomic E-state index is -5.08. The molecule has 0 atom stereocenters. The van der Waals surface area contributed by atoms with Crippen LogP contribution in [0.2, 0.25) is 0 Å². The number of hydrogen-bond acceptors (Lipinski definition) is 4. The quantitative estimate of drug-likeness (QED) is 0.671. The molecular weight excluding hydrogens is 311 g/mol. The monoisotopic (exact) mass is 322 g/mol. The van der Waals surface area contributed by atoms with Crippen LogP contribution in [0, 0.1) is 0 Å². The van der Waals surface area contributed by atoms with Crippen molar-refractivity contribution in [2.75, 3.05) is 7.11 Å². The van der Waals surface area contributed by atoms with Crippen LogP contribution in [0.4, 0.5) is 12.9 Å². The topological polar surface area (TPSA) is 44.2 Å². The Labute approximate surface area is 162 Å². The van der Waals surface area contributed by atoms with Crippen LogP contribution in [0.5, 0.6) is 11.6 Å². The van der Waals surface area contributed by atoms with Gasteiger partial charge in [-0.1, -0.05) is 11.5 Å². The number of methoxy groups -OCH3 is 1. The maximum absolute atomic E-state index is 12.6. The molecular formula is C12H11BF3KN2O2. The standard InChI is InChI=1S/C12H11BF3N2O2.K/c1-19-12-4-2-3-10(18-12)8-20-11-5-9(6-17-7-11)13(14,15)16;/h2-7H,8H2,1H3;/q-1;+1. The molecule has 0 unspecified atom stereocenters. The first kappa shape index (κ1) is 18.4. The second-order valence-corrected chi connectivity index (χ2v) is 3.99. The zero-order valence-electron chi connectivity index (χ0n) is 11.6. The van der Waals surface area contributed by atoms with Gasteiger partial charge in [0.1, 0.15) is 12.4 Å². The van der Waals surface area contributed by atoms with Gasteiger partial charge >= 0.3 is 58.4 Å². The van der Waals surface area contributed by atoms with Gasteiger partial charge in [0, 0.05) is 12.3 Å². The van der Waals surface area contributed by atoms with Gasteiger partial charge in [0.25, 0.3) is 0 Å². The zero-order chi connectivity index (χ0) is 14.6. The summed E-state index contributed by atoms with van der Waals surface area (Å²) >= 11 is 0. The van der Waals surface area contributed by atoms with E-state index in [-0.39, 0.29) is 63.7 Å². The summed E-state index contributed by atoms with van der Waals surface area (Å²) < 4.78 is 47.9. The predicted octanol–water partition coefficient (Wildman–Crippen LogP) is -0.877. The van der Waals surface area contributed by atoms with Gasteiger partial charge in [-0.05, 0) is 12.1 Å². The number of aromatic nitrogens is 2. The number of hydrogen-bond donors (Lipinski definition) is 0. The van der Waals surface area contributed by atoms with E-state index < -0.39 is 12.4 Å². The third-order valence-corrected chi connectivity index (χ3v) is 2.49. The summed E-state index contributed by atoms with van der Waals surface area (Å²) in [6.45, 7) is -5.05. The molecule has 2 heterocycles. The van der Waals surface area contributed by atoms with Crippen LogP contribution < -0.4 is 66.3 Å². The first-order valence-corrected chi connectivity index (χ1v) is 5.76. The third kappa shape index (κ3) is 5.59. The molecule has 0 aromatic carbocycles. The number of nitrogens with zero attached hydrogens (tertiary/aromatic N) is 2. The fourth-order valence-corrected chi connectivity index (χ4v) is 1.50. The molecule has 0 bridgehead atoms. The molecule has 0 amide bonds. The average Bonchev–Trinajstić information content (AvgIpc) is 2.45. The molecule has 106 valence electrons. The summed E-state index contributed by atoms with van der Waals surface area (Å²) in [5, 5.41) is 0. The molecule has 0 N–H and O–H groups in total. The van der Waals surface area contributed by atoms with E-state index in [4.69, 9.17) is 9.47 Å². The van der Waals surface area contributed by atoms with Crippen molar-refractivity contribution in [2.45, 2.75) is 6.61 Å². The molecule has 2 aromatic heterocycles. The molecule has 0 saturated heterocycles. The Kier molecular flexibility index (Phi) is 7.15. The Morgan fingerprint density at radius 2 is 1.95 bits per heavy atom. The largest absolute Gasteiger partial charge is 1.00 e. The van der Waals surface area contributed by atoms with E-state index in [0.717, 1.165) is 12.3 Å². The third-order valence-electron chi connectivity index (χ3n) is 2.49. The van der Waals surface area contributed by atoms with Crippen molar-refractivity contribution in [3.63, 3.8) is 0 Å². The Morgan fingerprint density at radius 1 is 1.19 bits per heavy atom. The molecule has 9 heteroatoms. The van der Waals surface area contributed by atoms with Gasteiger partial charge in [-0.2, -0.15) is 0 Å². The van der Waals surface area contributed by atoms with Crippen molar-refractivity contribution in [1.29, 1.82) is 0 Å². The summed E-state index contributed by atoms with van der Waals surface area (Å²) in [7, 11) is 1.48. The van der Waals surface area contributed by atoms with Gasteiger partial charge < -0.3 is 22.4 Å². The van der Waals surface area contributed by atoms with Crippen molar-refractivity contribution in [3.05, 3.63) is 42.4 Å². The van der Waals surface area contributed by atoms with Crippen LogP contribution in [0.1, 0.15) is 5.69 Å². The smallest absolute Gasteiger partial charge is 0.486 e.